The van der Waals surface area contributed by atoms with Crippen LogP contribution in [0.1, 0.15) is 42.0 Å². The number of amides is 2. The Hall–Kier alpha value is -3.85. The van der Waals surface area contributed by atoms with Gasteiger partial charge in [0, 0.05) is 19.5 Å². The Balaban J connectivity index is 2.07. The predicted molar refractivity (Wildman–Crippen MR) is 164 cm³/mol. The van der Waals surface area contributed by atoms with E-state index >= 15 is 0 Å². The molecule has 0 aliphatic carbocycles. The highest BCUT2D eigenvalue weighted by Gasteiger charge is 2.33. The molecular weight excluding hydrogens is 538 g/mol. The third kappa shape index (κ3) is 8.82. The molecule has 0 aliphatic heterocycles. The molecule has 0 saturated carbocycles. The van der Waals surface area contributed by atoms with Gasteiger partial charge in [0.15, 0.2) is 0 Å². The summed E-state index contributed by atoms with van der Waals surface area (Å²) in [6.45, 7) is 5.91. The number of unbranched alkanes of at least 4 members (excludes halogenated alkanes) is 1. The number of nitrogens with one attached hydrogen (secondary N) is 1. The Morgan fingerprint density at radius 1 is 0.951 bits per heavy atom. The zero-order valence-electron chi connectivity index (χ0n) is 24.6. The molecule has 0 heterocycles. The van der Waals surface area contributed by atoms with Crippen LogP contribution in [-0.2, 0) is 32.6 Å². The van der Waals surface area contributed by atoms with E-state index in [1.54, 1.807) is 25.3 Å². The van der Waals surface area contributed by atoms with E-state index in [-0.39, 0.29) is 18.9 Å². The molecule has 8 nitrogen and oxygen atoms in total. The molecular formula is C32H41N3O5S. The summed E-state index contributed by atoms with van der Waals surface area (Å²) in [5.41, 5.74) is 3.77. The quantitative estimate of drug-likeness (QED) is 0.281. The summed E-state index contributed by atoms with van der Waals surface area (Å²) in [6.07, 6.45) is 3.08. The van der Waals surface area contributed by atoms with Crippen molar-refractivity contribution in [3.05, 3.63) is 95.1 Å². The third-order valence-electron chi connectivity index (χ3n) is 7.11. The number of carbonyl (C=O) groups is 2. The number of hydrogen-bond acceptors (Lipinski definition) is 5. The second-order valence-electron chi connectivity index (χ2n) is 10.2. The zero-order chi connectivity index (χ0) is 30.0. The number of hydrogen-bond donors (Lipinski definition) is 1. The Labute approximate surface area is 244 Å². The fourth-order valence-electron chi connectivity index (χ4n) is 4.63. The first-order chi connectivity index (χ1) is 19.5. The van der Waals surface area contributed by atoms with E-state index in [4.69, 9.17) is 4.74 Å². The second kappa shape index (κ2) is 14.7. The summed E-state index contributed by atoms with van der Waals surface area (Å²) in [6, 6.07) is 21.3. The molecule has 0 fully saturated rings. The van der Waals surface area contributed by atoms with Crippen molar-refractivity contribution >= 4 is 27.5 Å². The van der Waals surface area contributed by atoms with Gasteiger partial charge >= 0.3 is 0 Å². The average molecular weight is 580 g/mol. The number of rotatable bonds is 14. The molecule has 0 aromatic heterocycles. The number of ether oxygens (including phenoxy) is 1. The maximum Gasteiger partial charge on any atom is 0.244 e. The molecule has 41 heavy (non-hydrogen) atoms. The minimum Gasteiger partial charge on any atom is -0.497 e. The molecule has 3 aromatic rings. The molecule has 0 bridgehead atoms. The molecule has 0 saturated heterocycles. The molecule has 220 valence electrons. The molecule has 0 aliphatic rings. The van der Waals surface area contributed by atoms with Gasteiger partial charge in [0.05, 0.1) is 19.1 Å². The number of aryl methyl sites for hydroxylation is 1. The SMILES string of the molecule is CCCCNC(=O)[C@H](Cc1ccccc1)N(Cc1cccc(OC)c1)C(=O)CN(c1cccc(C)c1C)S(C)(=O)=O. The lowest BCUT2D eigenvalue weighted by Gasteiger charge is -2.34. The van der Waals surface area contributed by atoms with Crippen molar-refractivity contribution in [2.24, 2.45) is 0 Å². The first-order valence-corrected chi connectivity index (χ1v) is 15.7. The molecule has 1 N–H and O–H groups in total. The maximum atomic E-state index is 14.2. The van der Waals surface area contributed by atoms with E-state index < -0.39 is 28.5 Å². The van der Waals surface area contributed by atoms with E-state index in [9.17, 15) is 18.0 Å². The van der Waals surface area contributed by atoms with Crippen LogP contribution in [0.3, 0.4) is 0 Å². The number of nitrogens with zero attached hydrogens (tertiary/aromatic N) is 2. The molecule has 0 radical (unpaired) electrons. The smallest absolute Gasteiger partial charge is 0.244 e. The largest absolute Gasteiger partial charge is 0.497 e. The fraction of sp³-hybridized carbons (Fsp3) is 0.375. The Bertz CT molecular complexity index is 1430. The van der Waals surface area contributed by atoms with Gasteiger partial charge in [-0.3, -0.25) is 13.9 Å². The van der Waals surface area contributed by atoms with Crippen molar-refractivity contribution in [2.75, 3.05) is 30.8 Å². The molecule has 0 spiro atoms. The molecule has 0 unspecified atom stereocenters. The summed E-state index contributed by atoms with van der Waals surface area (Å²) in [4.78, 5) is 29.4. The monoisotopic (exact) mass is 579 g/mol. The zero-order valence-corrected chi connectivity index (χ0v) is 25.4. The van der Waals surface area contributed by atoms with Crippen LogP contribution < -0.4 is 14.4 Å². The summed E-state index contributed by atoms with van der Waals surface area (Å²) in [5.74, 6) is -0.142. The average Bonchev–Trinajstić information content (AvgIpc) is 2.95. The van der Waals surface area contributed by atoms with Gasteiger partial charge < -0.3 is 15.0 Å². The summed E-state index contributed by atoms with van der Waals surface area (Å²) >= 11 is 0. The lowest BCUT2D eigenvalue weighted by Crippen LogP contribution is -2.53. The maximum absolute atomic E-state index is 14.2. The number of carbonyl (C=O) groups excluding carboxylic acids is 2. The minimum absolute atomic E-state index is 0.0964. The van der Waals surface area contributed by atoms with Crippen LogP contribution in [0.25, 0.3) is 0 Å². The highest BCUT2D eigenvalue weighted by Crippen LogP contribution is 2.26. The van der Waals surface area contributed by atoms with Crippen LogP contribution in [0.5, 0.6) is 5.75 Å². The van der Waals surface area contributed by atoms with Crippen LogP contribution in [-0.4, -0.2) is 57.6 Å². The molecule has 3 rings (SSSR count). The lowest BCUT2D eigenvalue weighted by atomic mass is 10.0. The number of benzene rings is 3. The van der Waals surface area contributed by atoms with Gasteiger partial charge in [-0.1, -0.05) is 67.9 Å². The van der Waals surface area contributed by atoms with E-state index in [0.717, 1.165) is 45.7 Å². The van der Waals surface area contributed by atoms with E-state index in [1.807, 2.05) is 75.4 Å². The third-order valence-corrected chi connectivity index (χ3v) is 8.24. The van der Waals surface area contributed by atoms with E-state index in [1.165, 1.54) is 4.90 Å². The van der Waals surface area contributed by atoms with Gasteiger partial charge in [0.2, 0.25) is 21.8 Å². The Morgan fingerprint density at radius 3 is 2.29 bits per heavy atom. The van der Waals surface area contributed by atoms with Gasteiger partial charge in [-0.2, -0.15) is 0 Å². The van der Waals surface area contributed by atoms with Gasteiger partial charge in [0.25, 0.3) is 0 Å². The summed E-state index contributed by atoms with van der Waals surface area (Å²) in [7, 11) is -2.26. The number of sulfonamides is 1. The van der Waals surface area contributed by atoms with Crippen LogP contribution >= 0.6 is 0 Å². The molecule has 3 aromatic carbocycles. The van der Waals surface area contributed by atoms with Crippen molar-refractivity contribution in [1.29, 1.82) is 0 Å². The second-order valence-corrected chi connectivity index (χ2v) is 12.1. The van der Waals surface area contributed by atoms with Gasteiger partial charge in [-0.25, -0.2) is 8.42 Å². The van der Waals surface area contributed by atoms with Crippen molar-refractivity contribution in [3.63, 3.8) is 0 Å². The first kappa shape index (κ1) is 31.7. The number of anilines is 1. The molecule has 1 atom stereocenters. The number of methoxy groups -OCH3 is 1. The summed E-state index contributed by atoms with van der Waals surface area (Å²) < 4.78 is 32.6. The van der Waals surface area contributed by atoms with E-state index in [0.29, 0.717) is 18.0 Å². The predicted octanol–water partition coefficient (Wildman–Crippen LogP) is 4.63. The van der Waals surface area contributed by atoms with Crippen molar-refractivity contribution in [3.8, 4) is 5.75 Å². The van der Waals surface area contributed by atoms with Crippen LogP contribution in [0.4, 0.5) is 5.69 Å². The summed E-state index contributed by atoms with van der Waals surface area (Å²) in [5, 5.41) is 2.99. The highest BCUT2D eigenvalue weighted by atomic mass is 32.2. The van der Waals surface area contributed by atoms with Gasteiger partial charge in [-0.05, 0) is 60.7 Å². The van der Waals surface area contributed by atoms with Crippen molar-refractivity contribution < 1.29 is 22.7 Å². The van der Waals surface area contributed by atoms with E-state index in [2.05, 4.69) is 5.32 Å². The van der Waals surface area contributed by atoms with Gasteiger partial charge in [0.1, 0.15) is 18.3 Å². The topological polar surface area (TPSA) is 96.0 Å². The standard InChI is InChI=1S/C32H41N3O5S/c1-6-7-19-33-32(37)30(21-26-14-9-8-10-15-26)34(22-27-16-12-17-28(20-27)40-4)31(36)23-35(41(5,38)39)29-18-11-13-24(2)25(29)3/h8-18,20,30H,6-7,19,21-23H2,1-5H3,(H,33,37)/t30-/m0/s1. The van der Waals surface area contributed by atoms with Gasteiger partial charge in [-0.15, -0.1) is 0 Å². The fourth-order valence-corrected chi connectivity index (χ4v) is 5.53. The Kier molecular flexibility index (Phi) is 11.3. The molecule has 2 amide bonds. The van der Waals surface area contributed by atoms with Crippen molar-refractivity contribution in [2.45, 2.75) is 52.6 Å². The highest BCUT2D eigenvalue weighted by molar-refractivity contribution is 7.92. The Morgan fingerprint density at radius 2 is 1.63 bits per heavy atom. The lowest BCUT2D eigenvalue weighted by molar-refractivity contribution is -0.140. The van der Waals surface area contributed by atoms with Crippen LogP contribution in [0.2, 0.25) is 0 Å². The minimum atomic E-state index is -3.83. The van der Waals surface area contributed by atoms with Crippen molar-refractivity contribution in [1.82, 2.24) is 10.2 Å². The normalized spacial score (nSPS) is 11.9. The van der Waals surface area contributed by atoms with Crippen LogP contribution in [0, 0.1) is 13.8 Å². The molecule has 9 heteroatoms. The van der Waals surface area contributed by atoms with Crippen LogP contribution in [0.15, 0.2) is 72.8 Å². The first-order valence-electron chi connectivity index (χ1n) is 13.8.